The summed E-state index contributed by atoms with van der Waals surface area (Å²) in [6.07, 6.45) is 1.91. The number of ether oxygens (including phenoxy) is 1. The molecule has 1 aliphatic heterocycles. The van der Waals surface area contributed by atoms with Crippen LogP contribution in [0.2, 0.25) is 0 Å². The molecule has 0 amide bonds. The topological polar surface area (TPSA) is 64.3 Å². The number of carbonyl (C=O) groups excluding carboxylic acids is 1. The molecule has 1 aliphatic rings. The van der Waals surface area contributed by atoms with Gasteiger partial charge >= 0.3 is 5.97 Å². The quantitative estimate of drug-likeness (QED) is 0.637. The Morgan fingerprint density at radius 2 is 2.29 bits per heavy atom. The molecule has 78 valence electrons. The van der Waals surface area contributed by atoms with Crippen molar-refractivity contribution in [3.8, 4) is 0 Å². The summed E-state index contributed by atoms with van der Waals surface area (Å²) in [6, 6.07) is -0.528. The summed E-state index contributed by atoms with van der Waals surface area (Å²) < 4.78 is 4.91. The highest BCUT2D eigenvalue weighted by atomic mass is 16.5. The van der Waals surface area contributed by atoms with E-state index < -0.39 is 6.04 Å². The van der Waals surface area contributed by atoms with Gasteiger partial charge in [-0.2, -0.15) is 0 Å². The number of rotatable bonds is 2. The Balaban J connectivity index is 2.83. The molecule has 0 fully saturated rings. The van der Waals surface area contributed by atoms with Gasteiger partial charge in [0.05, 0.1) is 6.61 Å². The smallest absolute Gasteiger partial charge is 0.334 e. The van der Waals surface area contributed by atoms with Crippen molar-refractivity contribution in [3.05, 3.63) is 23.0 Å². The van der Waals surface area contributed by atoms with Crippen molar-refractivity contribution in [1.29, 1.82) is 0 Å². The highest BCUT2D eigenvalue weighted by molar-refractivity contribution is 5.80. The molecule has 3 N–H and O–H groups in total. The molecule has 0 radical (unpaired) electrons. The fraction of sp³-hybridized carbons (Fsp3) is 0.500. The second-order valence-electron chi connectivity index (χ2n) is 3.30. The number of esters is 1. The Kier molecular flexibility index (Phi) is 3.17. The molecule has 1 rings (SSSR count). The average molecular weight is 196 g/mol. The summed E-state index contributed by atoms with van der Waals surface area (Å²) in [5.74, 6) is -0.322. The third-order valence-corrected chi connectivity index (χ3v) is 2.09. The lowest BCUT2D eigenvalue weighted by atomic mass is 10.0. The molecule has 4 heteroatoms. The van der Waals surface area contributed by atoms with Crippen LogP contribution in [0.1, 0.15) is 20.8 Å². The largest absolute Gasteiger partial charge is 0.464 e. The van der Waals surface area contributed by atoms with Gasteiger partial charge in [0.2, 0.25) is 0 Å². The van der Waals surface area contributed by atoms with Crippen molar-refractivity contribution < 1.29 is 9.53 Å². The van der Waals surface area contributed by atoms with Crippen molar-refractivity contribution in [2.45, 2.75) is 26.8 Å². The van der Waals surface area contributed by atoms with Gasteiger partial charge in [0.1, 0.15) is 0 Å². The molecule has 0 aliphatic carbocycles. The normalized spacial score (nSPS) is 21.4. The van der Waals surface area contributed by atoms with E-state index in [-0.39, 0.29) is 5.97 Å². The van der Waals surface area contributed by atoms with E-state index >= 15 is 0 Å². The molecule has 0 aromatic rings. The van der Waals surface area contributed by atoms with Crippen LogP contribution in [0, 0.1) is 0 Å². The highest BCUT2D eigenvalue weighted by Gasteiger charge is 2.25. The summed E-state index contributed by atoms with van der Waals surface area (Å²) >= 11 is 0. The Hall–Kier alpha value is -1.45. The third kappa shape index (κ3) is 2.07. The summed E-state index contributed by atoms with van der Waals surface area (Å²) in [4.78, 5) is 11.5. The Morgan fingerprint density at radius 3 is 2.86 bits per heavy atom. The van der Waals surface area contributed by atoms with E-state index in [1.165, 1.54) is 0 Å². The summed E-state index contributed by atoms with van der Waals surface area (Å²) in [7, 11) is 0. The molecule has 0 aromatic heterocycles. The van der Waals surface area contributed by atoms with Gasteiger partial charge in [0.15, 0.2) is 6.04 Å². The van der Waals surface area contributed by atoms with E-state index in [1.807, 2.05) is 19.9 Å². The van der Waals surface area contributed by atoms with Gasteiger partial charge in [-0.05, 0) is 32.4 Å². The molecular formula is C10H16N2O2. The molecule has 14 heavy (non-hydrogen) atoms. The maximum Gasteiger partial charge on any atom is 0.334 e. The molecule has 4 nitrogen and oxygen atoms in total. The first-order chi connectivity index (χ1) is 6.56. The predicted octanol–water partition coefficient (Wildman–Crippen LogP) is 0.658. The van der Waals surface area contributed by atoms with Crippen LogP contribution in [0.5, 0.6) is 0 Å². The molecule has 0 bridgehead atoms. The van der Waals surface area contributed by atoms with Crippen LogP contribution in [-0.2, 0) is 9.53 Å². The molecule has 0 saturated heterocycles. The first kappa shape index (κ1) is 10.6. The van der Waals surface area contributed by atoms with Crippen molar-refractivity contribution >= 4 is 5.97 Å². The monoisotopic (exact) mass is 196 g/mol. The van der Waals surface area contributed by atoms with Gasteiger partial charge in [-0.3, -0.25) is 0 Å². The average Bonchev–Trinajstić information content (AvgIpc) is 2.11. The van der Waals surface area contributed by atoms with Crippen LogP contribution in [0.3, 0.4) is 0 Å². The lowest BCUT2D eigenvalue weighted by Gasteiger charge is -2.24. The Bertz CT molecular complexity index is 305. The fourth-order valence-electron chi connectivity index (χ4n) is 1.39. The number of nitrogens with two attached hydrogens (primary N) is 1. The molecule has 0 saturated carbocycles. The van der Waals surface area contributed by atoms with Gasteiger partial charge in [-0.15, -0.1) is 0 Å². The number of allylic oxidation sites excluding steroid dienone is 3. The van der Waals surface area contributed by atoms with Gasteiger partial charge in [0.25, 0.3) is 0 Å². The number of nitrogens with one attached hydrogen (secondary N) is 1. The van der Waals surface area contributed by atoms with Crippen LogP contribution in [0.15, 0.2) is 23.0 Å². The number of hydrogen-bond acceptors (Lipinski definition) is 4. The first-order valence-corrected chi connectivity index (χ1v) is 4.64. The van der Waals surface area contributed by atoms with Gasteiger partial charge in [0, 0.05) is 11.4 Å². The third-order valence-electron chi connectivity index (χ3n) is 2.09. The Morgan fingerprint density at radius 1 is 1.64 bits per heavy atom. The molecular weight excluding hydrogens is 180 g/mol. The molecule has 1 unspecified atom stereocenters. The van der Waals surface area contributed by atoms with Crippen LogP contribution in [0.25, 0.3) is 0 Å². The van der Waals surface area contributed by atoms with Gasteiger partial charge < -0.3 is 15.8 Å². The molecule has 1 atom stereocenters. The highest BCUT2D eigenvalue weighted by Crippen LogP contribution is 2.14. The standard InChI is InChI=1S/C10H16N2O2/c1-4-14-10(13)9-8(11)6(2)5-7(3)12-9/h5,9,12H,4,11H2,1-3H3. The van der Waals surface area contributed by atoms with Crippen molar-refractivity contribution in [2.24, 2.45) is 5.73 Å². The van der Waals surface area contributed by atoms with E-state index in [0.717, 1.165) is 11.3 Å². The van der Waals surface area contributed by atoms with Gasteiger partial charge in [-0.25, -0.2) is 4.79 Å². The molecule has 1 heterocycles. The van der Waals surface area contributed by atoms with Gasteiger partial charge in [-0.1, -0.05) is 0 Å². The van der Waals surface area contributed by atoms with E-state index in [0.29, 0.717) is 12.3 Å². The van der Waals surface area contributed by atoms with Crippen molar-refractivity contribution in [1.82, 2.24) is 5.32 Å². The second kappa shape index (κ2) is 4.17. The SMILES string of the molecule is CCOC(=O)C1NC(C)=CC(C)=C1N. The first-order valence-electron chi connectivity index (χ1n) is 4.64. The summed E-state index contributed by atoms with van der Waals surface area (Å²) in [5, 5.41) is 2.98. The minimum atomic E-state index is -0.528. The minimum absolute atomic E-state index is 0.322. The van der Waals surface area contributed by atoms with Crippen LogP contribution >= 0.6 is 0 Å². The summed E-state index contributed by atoms with van der Waals surface area (Å²) in [5.41, 5.74) is 8.17. The number of carbonyl (C=O) groups is 1. The van der Waals surface area contributed by atoms with E-state index in [4.69, 9.17) is 10.5 Å². The second-order valence-corrected chi connectivity index (χ2v) is 3.30. The molecule has 0 aromatic carbocycles. The lowest BCUT2D eigenvalue weighted by Crippen LogP contribution is -2.43. The lowest BCUT2D eigenvalue weighted by molar-refractivity contribution is -0.144. The maximum atomic E-state index is 11.5. The zero-order valence-corrected chi connectivity index (χ0v) is 8.76. The van der Waals surface area contributed by atoms with Crippen molar-refractivity contribution in [2.75, 3.05) is 6.61 Å². The van der Waals surface area contributed by atoms with E-state index in [9.17, 15) is 4.79 Å². The van der Waals surface area contributed by atoms with E-state index in [1.54, 1.807) is 6.92 Å². The maximum absolute atomic E-state index is 11.5. The van der Waals surface area contributed by atoms with Crippen LogP contribution < -0.4 is 11.1 Å². The fourth-order valence-corrected chi connectivity index (χ4v) is 1.39. The zero-order chi connectivity index (χ0) is 10.7. The minimum Gasteiger partial charge on any atom is -0.464 e. The Labute approximate surface area is 83.8 Å². The summed E-state index contributed by atoms with van der Waals surface area (Å²) in [6.45, 7) is 5.91. The predicted molar refractivity (Wildman–Crippen MR) is 54.2 cm³/mol. The zero-order valence-electron chi connectivity index (χ0n) is 8.76. The van der Waals surface area contributed by atoms with Crippen LogP contribution in [0.4, 0.5) is 0 Å². The van der Waals surface area contributed by atoms with Crippen LogP contribution in [-0.4, -0.2) is 18.6 Å². The number of hydrogen-bond donors (Lipinski definition) is 2. The van der Waals surface area contributed by atoms with E-state index in [2.05, 4.69) is 5.32 Å². The molecule has 0 spiro atoms. The number of dihydropyridines is 1. The van der Waals surface area contributed by atoms with Crippen molar-refractivity contribution in [3.63, 3.8) is 0 Å².